The molecule has 3 rings (SSSR count). The first-order chi connectivity index (χ1) is 14.0. The summed E-state index contributed by atoms with van der Waals surface area (Å²) in [5.74, 6) is 0. The number of hydrogen-bond acceptors (Lipinski definition) is 3. The van der Waals surface area contributed by atoms with Gasteiger partial charge < -0.3 is 5.11 Å². The smallest absolute Gasteiger partial charge is 0.129 e. The molecule has 3 heteroatoms. The zero-order valence-electron chi connectivity index (χ0n) is 17.3. The maximum atomic E-state index is 11.3. The third-order valence-electron chi connectivity index (χ3n) is 5.32. The van der Waals surface area contributed by atoms with Crippen molar-refractivity contribution in [3.05, 3.63) is 106 Å². The Labute approximate surface area is 173 Å². The highest BCUT2D eigenvalue weighted by Gasteiger charge is 2.29. The Hall–Kier alpha value is -2.93. The summed E-state index contributed by atoms with van der Waals surface area (Å²) in [5, 5.41) is 21.4. The quantitative estimate of drug-likeness (QED) is 0.606. The fraction of sp³-hybridized carbons (Fsp3) is 0.269. The Morgan fingerprint density at radius 1 is 0.828 bits per heavy atom. The summed E-state index contributed by atoms with van der Waals surface area (Å²) in [4.78, 5) is 2.06. The van der Waals surface area contributed by atoms with Crippen molar-refractivity contribution in [2.75, 3.05) is 0 Å². The zero-order chi connectivity index (χ0) is 20.8. The predicted octanol–water partition coefficient (Wildman–Crippen LogP) is 5.24. The van der Waals surface area contributed by atoms with Crippen molar-refractivity contribution in [2.45, 2.75) is 46.0 Å². The topological polar surface area (TPSA) is 47.3 Å². The number of aryl methyl sites for hydroxylation is 3. The maximum Gasteiger partial charge on any atom is 0.129 e. The summed E-state index contributed by atoms with van der Waals surface area (Å²) >= 11 is 0. The molecule has 0 unspecified atom stereocenters. The fourth-order valence-corrected chi connectivity index (χ4v) is 4.06. The molecule has 0 amide bonds. The average Bonchev–Trinajstić information content (AvgIpc) is 2.69. The molecule has 0 heterocycles. The lowest BCUT2D eigenvalue weighted by molar-refractivity contribution is 0.0669. The van der Waals surface area contributed by atoms with Gasteiger partial charge in [0, 0.05) is 13.1 Å². The summed E-state index contributed by atoms with van der Waals surface area (Å²) in [5.41, 5.74) is 6.30. The van der Waals surface area contributed by atoms with E-state index in [4.69, 9.17) is 0 Å². The third kappa shape index (κ3) is 5.12. The van der Waals surface area contributed by atoms with E-state index in [1.165, 1.54) is 0 Å². The molecule has 0 aliphatic carbocycles. The summed E-state index contributed by atoms with van der Waals surface area (Å²) in [6.45, 7) is 7.25. The molecule has 0 saturated heterocycles. The number of benzene rings is 3. The van der Waals surface area contributed by atoms with Crippen LogP contribution in [0.1, 0.15) is 39.5 Å². The summed E-state index contributed by atoms with van der Waals surface area (Å²) in [6.07, 6.45) is -0.881. The Morgan fingerprint density at radius 2 is 1.28 bits per heavy atom. The van der Waals surface area contributed by atoms with E-state index < -0.39 is 12.1 Å². The molecular weight excluding hydrogens is 356 g/mol. The van der Waals surface area contributed by atoms with E-state index in [0.29, 0.717) is 13.1 Å². The van der Waals surface area contributed by atoms with E-state index in [1.54, 1.807) is 0 Å². The van der Waals surface area contributed by atoms with Crippen molar-refractivity contribution in [1.82, 2.24) is 4.90 Å². The van der Waals surface area contributed by atoms with Crippen molar-refractivity contribution in [1.29, 1.82) is 5.26 Å². The molecule has 3 aromatic rings. The molecule has 0 fully saturated rings. The van der Waals surface area contributed by atoms with Gasteiger partial charge in [-0.05, 0) is 48.6 Å². The second-order valence-corrected chi connectivity index (χ2v) is 7.71. The normalized spacial score (nSPS) is 13.1. The molecule has 0 radical (unpaired) electrons. The molecule has 0 aliphatic heterocycles. The Bertz CT molecular complexity index is 912. The van der Waals surface area contributed by atoms with Crippen LogP contribution in [0.15, 0.2) is 72.8 Å². The minimum atomic E-state index is -0.881. The van der Waals surface area contributed by atoms with Crippen molar-refractivity contribution < 1.29 is 5.11 Å². The van der Waals surface area contributed by atoms with Crippen molar-refractivity contribution >= 4 is 0 Å². The molecule has 0 aliphatic rings. The van der Waals surface area contributed by atoms with E-state index in [0.717, 1.165) is 33.4 Å². The van der Waals surface area contributed by atoms with Crippen LogP contribution in [0.3, 0.4) is 0 Å². The van der Waals surface area contributed by atoms with Crippen LogP contribution in [0, 0.1) is 32.1 Å². The molecule has 0 saturated carbocycles. The van der Waals surface area contributed by atoms with Crippen LogP contribution in [0.2, 0.25) is 0 Å². The third-order valence-corrected chi connectivity index (χ3v) is 5.32. The van der Waals surface area contributed by atoms with Crippen LogP contribution in [-0.2, 0) is 13.1 Å². The van der Waals surface area contributed by atoms with Crippen molar-refractivity contribution in [3.63, 3.8) is 0 Å². The monoisotopic (exact) mass is 384 g/mol. The van der Waals surface area contributed by atoms with Gasteiger partial charge in [0.15, 0.2) is 0 Å². The molecule has 1 N–H and O–H groups in total. The zero-order valence-corrected chi connectivity index (χ0v) is 17.3. The molecule has 148 valence electrons. The van der Waals surface area contributed by atoms with Crippen LogP contribution in [0.25, 0.3) is 0 Å². The van der Waals surface area contributed by atoms with Gasteiger partial charge >= 0.3 is 0 Å². The first-order valence-corrected chi connectivity index (χ1v) is 9.97. The fourth-order valence-electron chi connectivity index (χ4n) is 4.06. The number of hydrogen-bond donors (Lipinski definition) is 1. The summed E-state index contributed by atoms with van der Waals surface area (Å²) < 4.78 is 0. The Kier molecular flexibility index (Phi) is 6.82. The van der Waals surface area contributed by atoms with Crippen LogP contribution in [0.4, 0.5) is 0 Å². The average molecular weight is 385 g/mol. The first kappa shape index (κ1) is 20.8. The van der Waals surface area contributed by atoms with Gasteiger partial charge in [-0.25, -0.2) is 0 Å². The Morgan fingerprint density at radius 3 is 1.69 bits per heavy atom. The minimum Gasteiger partial charge on any atom is -0.386 e. The molecule has 0 aromatic heterocycles. The number of aliphatic hydroxyl groups excluding tert-OH is 1. The van der Waals surface area contributed by atoms with E-state index in [1.807, 2.05) is 50.2 Å². The predicted molar refractivity (Wildman–Crippen MR) is 117 cm³/mol. The molecule has 2 atom stereocenters. The van der Waals surface area contributed by atoms with Crippen LogP contribution >= 0.6 is 0 Å². The van der Waals surface area contributed by atoms with Gasteiger partial charge in [0.25, 0.3) is 0 Å². The summed E-state index contributed by atoms with van der Waals surface area (Å²) in [6, 6.07) is 26.1. The molecule has 3 aromatic carbocycles. The highest BCUT2D eigenvalue weighted by atomic mass is 16.3. The number of nitriles is 1. The Balaban J connectivity index is 1.96. The van der Waals surface area contributed by atoms with E-state index in [2.05, 4.69) is 54.3 Å². The largest absolute Gasteiger partial charge is 0.386 e. The van der Waals surface area contributed by atoms with Crippen molar-refractivity contribution in [2.24, 2.45) is 0 Å². The van der Waals surface area contributed by atoms with Gasteiger partial charge in [0.2, 0.25) is 0 Å². The molecule has 0 bridgehead atoms. The standard InChI is InChI=1S/C26H28N2O/c1-19-14-20(2)25(21(3)15-19)26(29)24(16-27)28(17-22-10-6-4-7-11-22)18-23-12-8-5-9-13-23/h4-15,24,26,29H,17-18H2,1-3H3/t24-,26+/m1/s1. The van der Waals surface area contributed by atoms with Gasteiger partial charge in [-0.1, -0.05) is 78.4 Å². The molecule has 29 heavy (non-hydrogen) atoms. The first-order valence-electron chi connectivity index (χ1n) is 9.97. The number of nitrogens with zero attached hydrogens (tertiary/aromatic N) is 2. The number of aliphatic hydroxyl groups is 1. The van der Waals surface area contributed by atoms with Crippen molar-refractivity contribution in [3.8, 4) is 6.07 Å². The van der Waals surface area contributed by atoms with Crippen LogP contribution in [-0.4, -0.2) is 16.0 Å². The van der Waals surface area contributed by atoms with Gasteiger partial charge in [0.05, 0.1) is 6.07 Å². The highest BCUT2D eigenvalue weighted by Crippen LogP contribution is 2.29. The molecule has 0 spiro atoms. The number of rotatable bonds is 7. The minimum absolute atomic E-state index is 0.592. The molecular formula is C26H28N2O. The lowest BCUT2D eigenvalue weighted by atomic mass is 9.91. The van der Waals surface area contributed by atoms with Crippen LogP contribution in [0.5, 0.6) is 0 Å². The second-order valence-electron chi connectivity index (χ2n) is 7.71. The van der Waals surface area contributed by atoms with Gasteiger partial charge in [-0.2, -0.15) is 5.26 Å². The highest BCUT2D eigenvalue weighted by molar-refractivity contribution is 5.40. The van der Waals surface area contributed by atoms with E-state index in [9.17, 15) is 10.4 Å². The van der Waals surface area contributed by atoms with Gasteiger partial charge in [-0.3, -0.25) is 4.90 Å². The second kappa shape index (κ2) is 9.52. The summed E-state index contributed by atoms with van der Waals surface area (Å²) in [7, 11) is 0. The van der Waals surface area contributed by atoms with E-state index >= 15 is 0 Å². The van der Waals surface area contributed by atoms with Gasteiger partial charge in [0.1, 0.15) is 12.1 Å². The maximum absolute atomic E-state index is 11.3. The lowest BCUT2D eigenvalue weighted by Crippen LogP contribution is -2.38. The lowest BCUT2D eigenvalue weighted by Gasteiger charge is -2.32. The van der Waals surface area contributed by atoms with Crippen LogP contribution < -0.4 is 0 Å². The van der Waals surface area contributed by atoms with Gasteiger partial charge in [-0.15, -0.1) is 0 Å². The van der Waals surface area contributed by atoms with E-state index in [-0.39, 0.29) is 0 Å². The molecule has 3 nitrogen and oxygen atoms in total. The SMILES string of the molecule is Cc1cc(C)c([C@@H](O)[C@@H](C#N)N(Cc2ccccc2)Cc2ccccc2)c(C)c1.